The molecule has 3 aromatic carbocycles. The molecule has 0 radical (unpaired) electrons. The van der Waals surface area contributed by atoms with Gasteiger partial charge in [-0.25, -0.2) is 0 Å². The summed E-state index contributed by atoms with van der Waals surface area (Å²) >= 11 is 6.34. The standard InChI is InChI=1S/C47H54ClN7O6/c1-45(2)43(46(3,4)44(45)61-34-10-7-29(25-49)37(48)24-34)54-26-30-6-8-32(22-31(30)27-54)53-20-18-51(19-21-53)28-47(60-5)14-16-52(17-15-47)33-9-11-35-36(23-33)42(59)55(41(35)58)38-12-13-39(56)50-40(38)57/h6-11,22-24,38,43-44H,12-21,26-28H2,1-5H3,(H,50,56,57)/t38?,43-,44-. The highest BCUT2D eigenvalue weighted by molar-refractivity contribution is 6.31. The predicted molar refractivity (Wildman–Crippen MR) is 231 cm³/mol. The van der Waals surface area contributed by atoms with E-state index in [0.29, 0.717) is 27.9 Å². The van der Waals surface area contributed by atoms with Crippen molar-refractivity contribution in [2.45, 2.75) is 90.3 Å². The Morgan fingerprint density at radius 3 is 2.13 bits per heavy atom. The van der Waals surface area contributed by atoms with Crippen LogP contribution in [0.5, 0.6) is 5.75 Å². The number of rotatable bonds is 9. The van der Waals surface area contributed by atoms with Gasteiger partial charge in [-0.05, 0) is 72.9 Å². The molecule has 1 atom stereocenters. The highest BCUT2D eigenvalue weighted by Gasteiger charge is 2.65. The number of carbonyl (C=O) groups is 4. The van der Waals surface area contributed by atoms with Gasteiger partial charge in [-0.1, -0.05) is 45.4 Å². The van der Waals surface area contributed by atoms with Crippen molar-refractivity contribution in [2.24, 2.45) is 10.8 Å². The van der Waals surface area contributed by atoms with Crippen LogP contribution >= 0.6 is 11.6 Å². The van der Waals surface area contributed by atoms with E-state index in [0.717, 1.165) is 82.3 Å². The molecular weight excluding hydrogens is 794 g/mol. The molecule has 1 aliphatic carbocycles. The fourth-order valence-corrected chi connectivity index (χ4v) is 12.0. The Bertz CT molecular complexity index is 2330. The summed E-state index contributed by atoms with van der Waals surface area (Å²) in [6.07, 6.45) is 1.85. The smallest absolute Gasteiger partial charge is 0.262 e. The maximum atomic E-state index is 13.5. The van der Waals surface area contributed by atoms with E-state index in [1.807, 2.05) is 19.2 Å². The van der Waals surface area contributed by atoms with Crippen molar-refractivity contribution >= 4 is 46.6 Å². The number of piperazine rings is 1. The first-order valence-electron chi connectivity index (χ1n) is 21.5. The lowest BCUT2D eigenvalue weighted by Gasteiger charge is -2.65. The average molecular weight is 848 g/mol. The third-order valence-electron chi connectivity index (χ3n) is 14.5. The third kappa shape index (κ3) is 7.15. The fraction of sp³-hybridized carbons (Fsp3) is 0.511. The number of anilines is 2. The molecule has 4 fully saturated rings. The van der Waals surface area contributed by atoms with E-state index in [2.05, 4.69) is 76.9 Å². The number of nitrogens with zero attached hydrogens (tertiary/aromatic N) is 6. The number of halogens is 1. The number of imide groups is 2. The van der Waals surface area contributed by atoms with E-state index in [1.54, 1.807) is 24.3 Å². The quantitative estimate of drug-likeness (QED) is 0.269. The van der Waals surface area contributed by atoms with Gasteiger partial charge in [0.15, 0.2) is 0 Å². The van der Waals surface area contributed by atoms with E-state index in [-0.39, 0.29) is 40.9 Å². The number of carbonyl (C=O) groups excluding carboxylic acids is 4. The van der Waals surface area contributed by atoms with Crippen LogP contribution < -0.4 is 19.9 Å². The zero-order valence-electron chi connectivity index (χ0n) is 35.6. The van der Waals surface area contributed by atoms with Crippen LogP contribution in [-0.4, -0.2) is 115 Å². The number of amides is 4. The van der Waals surface area contributed by atoms with E-state index < -0.39 is 29.7 Å². The van der Waals surface area contributed by atoms with E-state index in [4.69, 9.17) is 21.1 Å². The average Bonchev–Trinajstić information content (AvgIpc) is 3.76. The van der Waals surface area contributed by atoms with Crippen LogP contribution in [0.25, 0.3) is 0 Å². The number of hydrogen-bond acceptors (Lipinski definition) is 11. The van der Waals surface area contributed by atoms with Crippen LogP contribution in [0.1, 0.15) is 90.8 Å². The molecule has 0 aromatic heterocycles. The molecular formula is C47H54ClN7O6. The topological polar surface area (TPSA) is 139 Å². The molecule has 5 aliphatic heterocycles. The van der Waals surface area contributed by atoms with E-state index in [9.17, 15) is 24.4 Å². The molecule has 1 unspecified atom stereocenters. The minimum Gasteiger partial charge on any atom is -0.489 e. The van der Waals surface area contributed by atoms with Crippen molar-refractivity contribution in [1.82, 2.24) is 20.0 Å². The van der Waals surface area contributed by atoms with Gasteiger partial charge in [0, 0.05) is 107 Å². The lowest BCUT2D eigenvalue weighted by molar-refractivity contribution is -0.211. The second-order valence-electron chi connectivity index (χ2n) is 19.0. The third-order valence-corrected chi connectivity index (χ3v) is 14.8. The Kier molecular flexibility index (Phi) is 10.5. The molecule has 9 rings (SSSR count). The molecule has 61 heavy (non-hydrogen) atoms. The molecule has 14 heteroatoms. The summed E-state index contributed by atoms with van der Waals surface area (Å²) in [7, 11) is 1.81. The van der Waals surface area contributed by atoms with Crippen LogP contribution in [0.2, 0.25) is 5.02 Å². The first kappa shape index (κ1) is 41.4. The van der Waals surface area contributed by atoms with E-state index in [1.165, 1.54) is 16.8 Å². The van der Waals surface area contributed by atoms with Crippen LogP contribution in [0, 0.1) is 22.2 Å². The summed E-state index contributed by atoms with van der Waals surface area (Å²) in [6, 6.07) is 19.1. The highest BCUT2D eigenvalue weighted by Crippen LogP contribution is 2.59. The van der Waals surface area contributed by atoms with Crippen molar-refractivity contribution in [1.29, 1.82) is 5.26 Å². The molecule has 4 amide bonds. The summed E-state index contributed by atoms with van der Waals surface area (Å²) in [6.45, 7) is 17.1. The Labute approximate surface area is 362 Å². The number of piperidine rings is 2. The van der Waals surface area contributed by atoms with Gasteiger partial charge in [0.1, 0.15) is 24.0 Å². The summed E-state index contributed by atoms with van der Waals surface area (Å²) in [5.74, 6) is -1.29. The monoisotopic (exact) mass is 847 g/mol. The van der Waals surface area contributed by atoms with Gasteiger partial charge in [-0.15, -0.1) is 0 Å². The van der Waals surface area contributed by atoms with Gasteiger partial charge in [0.25, 0.3) is 11.8 Å². The number of hydrogen-bond donors (Lipinski definition) is 1. The van der Waals surface area contributed by atoms with Crippen molar-refractivity contribution < 1.29 is 28.7 Å². The normalized spacial score (nSPS) is 25.8. The van der Waals surface area contributed by atoms with Crippen molar-refractivity contribution in [3.63, 3.8) is 0 Å². The Morgan fingerprint density at radius 2 is 1.46 bits per heavy atom. The van der Waals surface area contributed by atoms with Gasteiger partial charge >= 0.3 is 0 Å². The number of methoxy groups -OCH3 is 1. The summed E-state index contributed by atoms with van der Waals surface area (Å²) < 4.78 is 12.9. The van der Waals surface area contributed by atoms with Crippen LogP contribution in [0.15, 0.2) is 54.6 Å². The molecule has 0 spiro atoms. The predicted octanol–water partition coefficient (Wildman–Crippen LogP) is 5.62. The second-order valence-corrected chi connectivity index (χ2v) is 19.4. The SMILES string of the molecule is COC1(CN2CCN(c3ccc4c(c3)CN([C@H]3C(C)(C)[C@H](Oc5ccc(C#N)c(Cl)c5)C3(C)C)C4)CC2)CCN(c2ccc3c(c2)C(=O)N(C2CCC(=O)NC2=O)C3=O)CC1. The van der Waals surface area contributed by atoms with Gasteiger partial charge < -0.3 is 19.3 Å². The van der Waals surface area contributed by atoms with Gasteiger partial charge in [-0.2, -0.15) is 5.26 Å². The molecule has 0 bridgehead atoms. The van der Waals surface area contributed by atoms with Crippen LogP contribution in [0.3, 0.4) is 0 Å². The van der Waals surface area contributed by atoms with Crippen LogP contribution in [-0.2, 0) is 27.4 Å². The van der Waals surface area contributed by atoms with Gasteiger partial charge in [0.05, 0.1) is 27.3 Å². The first-order valence-corrected chi connectivity index (χ1v) is 21.9. The minimum atomic E-state index is -0.981. The minimum absolute atomic E-state index is 0.0132. The molecule has 6 aliphatic rings. The zero-order chi connectivity index (χ0) is 43.0. The summed E-state index contributed by atoms with van der Waals surface area (Å²) in [5, 5.41) is 12.0. The van der Waals surface area contributed by atoms with E-state index >= 15 is 0 Å². The van der Waals surface area contributed by atoms with Crippen LogP contribution in [0.4, 0.5) is 11.4 Å². The zero-order valence-corrected chi connectivity index (χ0v) is 36.4. The number of ether oxygens (including phenoxy) is 2. The molecule has 3 saturated heterocycles. The Hall–Kier alpha value is -5.00. The number of nitrogens with one attached hydrogen (secondary N) is 1. The molecule has 1 N–H and O–H groups in total. The number of benzene rings is 3. The maximum Gasteiger partial charge on any atom is 0.262 e. The molecule has 5 heterocycles. The lowest BCUT2D eigenvalue weighted by atomic mass is 9.49. The highest BCUT2D eigenvalue weighted by atomic mass is 35.5. The number of fused-ring (bicyclic) bond motifs is 2. The largest absolute Gasteiger partial charge is 0.489 e. The first-order chi connectivity index (χ1) is 29.1. The summed E-state index contributed by atoms with van der Waals surface area (Å²) in [4.78, 5) is 61.8. The molecule has 320 valence electrons. The van der Waals surface area contributed by atoms with Crippen molar-refractivity contribution in [2.75, 3.05) is 62.7 Å². The molecule has 13 nitrogen and oxygen atoms in total. The van der Waals surface area contributed by atoms with Gasteiger partial charge in [-0.3, -0.25) is 39.2 Å². The van der Waals surface area contributed by atoms with Crippen molar-refractivity contribution in [3.8, 4) is 11.8 Å². The van der Waals surface area contributed by atoms with Gasteiger partial charge in [0.2, 0.25) is 11.8 Å². The lowest BCUT2D eigenvalue weighted by Crippen LogP contribution is -2.74. The Morgan fingerprint density at radius 1 is 0.803 bits per heavy atom. The maximum absolute atomic E-state index is 13.5. The molecule has 3 aromatic rings. The molecule has 1 saturated carbocycles. The van der Waals surface area contributed by atoms with Crippen molar-refractivity contribution in [3.05, 3.63) is 87.4 Å². The summed E-state index contributed by atoms with van der Waals surface area (Å²) in [5.41, 5.74) is 5.46. The second kappa shape index (κ2) is 15.4. The fourth-order valence-electron chi connectivity index (χ4n) is 11.8. The number of nitriles is 1. The Balaban J connectivity index is 0.779.